The molecule has 1 amide bonds. The standard InChI is InChI=1S/C23H22Cl2N4O4/c24-15-3-5-17(18(25)10-15)22-27-21(33-28-22)13-29-7-1-2-14(12-29)23(30)26-16-4-6-19-20(11-16)32-9-8-31-19/h3-6,10-11,14H,1-2,7-9,12-13H2,(H,26,30). The molecule has 1 saturated heterocycles. The van der Waals surface area contributed by atoms with Gasteiger partial charge >= 0.3 is 0 Å². The molecule has 5 rings (SSSR count). The largest absolute Gasteiger partial charge is 0.486 e. The maximum Gasteiger partial charge on any atom is 0.241 e. The maximum atomic E-state index is 12.9. The first kappa shape index (κ1) is 22.0. The summed E-state index contributed by atoms with van der Waals surface area (Å²) in [6.07, 6.45) is 1.73. The second-order valence-corrected chi connectivity index (χ2v) is 8.90. The second-order valence-electron chi connectivity index (χ2n) is 8.06. The van der Waals surface area contributed by atoms with Gasteiger partial charge in [-0.15, -0.1) is 0 Å². The number of amides is 1. The SMILES string of the molecule is O=C(Nc1ccc2c(c1)OCCO2)C1CCCN(Cc2nc(-c3ccc(Cl)cc3Cl)no2)C1. The number of anilines is 1. The molecule has 0 bridgehead atoms. The fraction of sp³-hybridized carbons (Fsp3) is 0.348. The third-order valence-electron chi connectivity index (χ3n) is 5.69. The molecule has 2 aliphatic rings. The Hall–Kier alpha value is -2.81. The predicted octanol–water partition coefficient (Wildman–Crippen LogP) is 4.67. The molecule has 0 aliphatic carbocycles. The normalized spacial score (nSPS) is 18.2. The van der Waals surface area contributed by atoms with E-state index in [0.717, 1.165) is 19.4 Å². The summed E-state index contributed by atoms with van der Waals surface area (Å²) in [5.74, 6) is 2.08. The lowest BCUT2D eigenvalue weighted by molar-refractivity contribution is -0.121. The summed E-state index contributed by atoms with van der Waals surface area (Å²) < 4.78 is 16.6. The number of nitrogens with zero attached hydrogens (tertiary/aromatic N) is 3. The summed E-state index contributed by atoms with van der Waals surface area (Å²) in [5, 5.41) is 8.06. The minimum absolute atomic E-state index is 0.0180. The fourth-order valence-electron chi connectivity index (χ4n) is 4.07. The Kier molecular flexibility index (Phi) is 6.39. The highest BCUT2D eigenvalue weighted by Gasteiger charge is 2.27. The topological polar surface area (TPSA) is 89.7 Å². The van der Waals surface area contributed by atoms with Crippen molar-refractivity contribution >= 4 is 34.8 Å². The summed E-state index contributed by atoms with van der Waals surface area (Å²) in [7, 11) is 0. The van der Waals surface area contributed by atoms with Crippen LogP contribution in [0.1, 0.15) is 18.7 Å². The van der Waals surface area contributed by atoms with Crippen LogP contribution in [-0.2, 0) is 11.3 Å². The first-order valence-corrected chi connectivity index (χ1v) is 11.5. The molecule has 33 heavy (non-hydrogen) atoms. The van der Waals surface area contributed by atoms with Crippen LogP contribution in [0.3, 0.4) is 0 Å². The van der Waals surface area contributed by atoms with Gasteiger partial charge in [-0.1, -0.05) is 28.4 Å². The third-order valence-corrected chi connectivity index (χ3v) is 6.23. The summed E-state index contributed by atoms with van der Waals surface area (Å²) in [6.45, 7) is 2.96. The molecule has 2 aliphatic heterocycles. The average molecular weight is 489 g/mol. The number of carbonyl (C=O) groups excluding carboxylic acids is 1. The summed E-state index contributed by atoms with van der Waals surface area (Å²) >= 11 is 12.2. The monoisotopic (exact) mass is 488 g/mol. The molecule has 3 aromatic rings. The van der Waals surface area contributed by atoms with Crippen LogP contribution in [0.15, 0.2) is 40.9 Å². The van der Waals surface area contributed by atoms with Crippen molar-refractivity contribution in [1.82, 2.24) is 15.0 Å². The average Bonchev–Trinajstić information content (AvgIpc) is 3.27. The van der Waals surface area contributed by atoms with E-state index in [1.807, 2.05) is 12.1 Å². The Bertz CT molecular complexity index is 1170. The number of likely N-dealkylation sites (tertiary alicyclic amines) is 1. The Morgan fingerprint density at radius 2 is 1.97 bits per heavy atom. The van der Waals surface area contributed by atoms with Crippen molar-refractivity contribution in [1.29, 1.82) is 0 Å². The zero-order chi connectivity index (χ0) is 22.8. The first-order chi connectivity index (χ1) is 16.0. The van der Waals surface area contributed by atoms with E-state index < -0.39 is 0 Å². The number of fused-ring (bicyclic) bond motifs is 1. The first-order valence-electron chi connectivity index (χ1n) is 10.8. The lowest BCUT2D eigenvalue weighted by Gasteiger charge is -2.31. The molecule has 1 atom stereocenters. The number of aromatic nitrogens is 2. The van der Waals surface area contributed by atoms with Crippen LogP contribution in [0.2, 0.25) is 10.0 Å². The van der Waals surface area contributed by atoms with Gasteiger partial charge in [0.2, 0.25) is 17.6 Å². The van der Waals surface area contributed by atoms with Crippen molar-refractivity contribution < 1.29 is 18.8 Å². The number of carbonyl (C=O) groups is 1. The van der Waals surface area contributed by atoms with E-state index in [1.54, 1.807) is 24.3 Å². The van der Waals surface area contributed by atoms with E-state index in [-0.39, 0.29) is 11.8 Å². The van der Waals surface area contributed by atoms with Crippen molar-refractivity contribution in [2.75, 3.05) is 31.6 Å². The molecule has 10 heteroatoms. The summed E-state index contributed by atoms with van der Waals surface area (Å²) in [4.78, 5) is 19.5. The number of hydrogen-bond acceptors (Lipinski definition) is 7. The van der Waals surface area contributed by atoms with Gasteiger partial charge in [-0.2, -0.15) is 4.98 Å². The van der Waals surface area contributed by atoms with Crippen molar-refractivity contribution in [2.24, 2.45) is 5.92 Å². The maximum absolute atomic E-state index is 12.9. The third kappa shape index (κ3) is 5.08. The quantitative estimate of drug-likeness (QED) is 0.558. The van der Waals surface area contributed by atoms with Crippen LogP contribution < -0.4 is 14.8 Å². The Labute approximate surface area is 200 Å². The van der Waals surface area contributed by atoms with E-state index in [9.17, 15) is 4.79 Å². The fourth-order valence-corrected chi connectivity index (χ4v) is 4.56. The smallest absolute Gasteiger partial charge is 0.241 e. The van der Waals surface area contributed by atoms with Crippen LogP contribution >= 0.6 is 23.2 Å². The molecule has 0 spiro atoms. The van der Waals surface area contributed by atoms with E-state index >= 15 is 0 Å². The molecular formula is C23H22Cl2N4O4. The molecule has 3 heterocycles. The number of ether oxygens (including phenoxy) is 2. The molecule has 0 radical (unpaired) electrons. The molecule has 8 nitrogen and oxygen atoms in total. The van der Waals surface area contributed by atoms with E-state index in [0.29, 0.717) is 70.8 Å². The highest BCUT2D eigenvalue weighted by molar-refractivity contribution is 6.36. The van der Waals surface area contributed by atoms with Crippen molar-refractivity contribution in [3.8, 4) is 22.9 Å². The summed E-state index contributed by atoms with van der Waals surface area (Å²) in [6, 6.07) is 10.6. The summed E-state index contributed by atoms with van der Waals surface area (Å²) in [5.41, 5.74) is 1.36. The van der Waals surface area contributed by atoms with Crippen LogP contribution in [-0.4, -0.2) is 47.3 Å². The highest BCUT2D eigenvalue weighted by atomic mass is 35.5. The molecule has 2 aromatic carbocycles. The van der Waals surface area contributed by atoms with Crippen molar-refractivity contribution in [3.63, 3.8) is 0 Å². The minimum Gasteiger partial charge on any atom is -0.486 e. The van der Waals surface area contributed by atoms with Gasteiger partial charge in [-0.05, 0) is 49.7 Å². The van der Waals surface area contributed by atoms with Gasteiger partial charge in [-0.25, -0.2) is 0 Å². The van der Waals surface area contributed by atoms with Crippen molar-refractivity contribution in [2.45, 2.75) is 19.4 Å². The van der Waals surface area contributed by atoms with E-state index in [2.05, 4.69) is 20.4 Å². The second kappa shape index (κ2) is 9.59. The predicted molar refractivity (Wildman–Crippen MR) is 124 cm³/mol. The molecule has 0 saturated carbocycles. The van der Waals surface area contributed by atoms with Gasteiger partial charge in [-0.3, -0.25) is 9.69 Å². The number of nitrogens with one attached hydrogen (secondary N) is 1. The number of piperidine rings is 1. The number of benzene rings is 2. The molecular weight excluding hydrogens is 467 g/mol. The lowest BCUT2D eigenvalue weighted by atomic mass is 9.97. The zero-order valence-corrected chi connectivity index (χ0v) is 19.2. The van der Waals surface area contributed by atoms with Crippen molar-refractivity contribution in [3.05, 3.63) is 52.3 Å². The van der Waals surface area contributed by atoms with Crippen LogP contribution in [0.5, 0.6) is 11.5 Å². The lowest BCUT2D eigenvalue weighted by Crippen LogP contribution is -2.40. The van der Waals surface area contributed by atoms with E-state index in [4.69, 9.17) is 37.2 Å². The number of halogens is 2. The Morgan fingerprint density at radius 1 is 1.12 bits per heavy atom. The zero-order valence-electron chi connectivity index (χ0n) is 17.7. The van der Waals surface area contributed by atoms with Gasteiger partial charge in [0.15, 0.2) is 11.5 Å². The number of rotatable bonds is 5. The highest BCUT2D eigenvalue weighted by Crippen LogP contribution is 2.33. The molecule has 1 N–H and O–H groups in total. The molecule has 1 fully saturated rings. The molecule has 172 valence electrons. The van der Waals surface area contributed by atoms with Crippen LogP contribution in [0.4, 0.5) is 5.69 Å². The van der Waals surface area contributed by atoms with Gasteiger partial charge in [0.25, 0.3) is 0 Å². The van der Waals surface area contributed by atoms with Crippen LogP contribution in [0, 0.1) is 5.92 Å². The molecule has 1 unspecified atom stereocenters. The molecule has 1 aromatic heterocycles. The van der Waals surface area contributed by atoms with E-state index in [1.165, 1.54) is 0 Å². The Morgan fingerprint density at radius 3 is 2.82 bits per heavy atom. The number of hydrogen-bond donors (Lipinski definition) is 1. The minimum atomic E-state index is -0.139. The van der Waals surface area contributed by atoms with Gasteiger partial charge in [0.1, 0.15) is 13.2 Å². The Balaban J connectivity index is 1.20. The van der Waals surface area contributed by atoms with Gasteiger partial charge in [0, 0.05) is 28.9 Å². The van der Waals surface area contributed by atoms with Gasteiger partial charge < -0.3 is 19.3 Å². The van der Waals surface area contributed by atoms with Crippen LogP contribution in [0.25, 0.3) is 11.4 Å². The van der Waals surface area contributed by atoms with Gasteiger partial charge in [0.05, 0.1) is 17.5 Å².